The van der Waals surface area contributed by atoms with E-state index in [4.69, 9.17) is 9.31 Å². The average molecular weight is 301 g/mol. The number of nitrogens with zero attached hydrogens (tertiary/aromatic N) is 1. The number of imide groups is 1. The number of rotatable bonds is 3. The fourth-order valence-corrected chi connectivity index (χ4v) is 2.76. The van der Waals surface area contributed by atoms with Crippen molar-refractivity contribution < 1.29 is 18.9 Å². The Labute approximate surface area is 130 Å². The maximum atomic E-state index is 12.3. The molecular formula is C16H20BNO4. The quantitative estimate of drug-likeness (QED) is 0.635. The number of fused-ring (bicyclic) bond motifs is 1. The maximum absolute atomic E-state index is 12.3. The van der Waals surface area contributed by atoms with Crippen LogP contribution in [0.3, 0.4) is 0 Å². The molecule has 1 saturated heterocycles. The molecule has 0 bridgehead atoms. The number of benzene rings is 1. The van der Waals surface area contributed by atoms with Crippen LogP contribution in [0.5, 0.6) is 0 Å². The van der Waals surface area contributed by atoms with Crippen molar-refractivity contribution in [2.24, 2.45) is 0 Å². The highest BCUT2D eigenvalue weighted by Crippen LogP contribution is 2.37. The average Bonchev–Trinajstić information content (AvgIpc) is 2.80. The molecule has 3 rings (SSSR count). The lowest BCUT2D eigenvalue weighted by Gasteiger charge is -2.32. The number of hydrogen-bond acceptors (Lipinski definition) is 4. The molecule has 6 heteroatoms. The molecule has 0 atom stereocenters. The van der Waals surface area contributed by atoms with Gasteiger partial charge in [0, 0.05) is 12.9 Å². The zero-order chi connectivity index (χ0) is 16.1. The second-order valence-corrected chi connectivity index (χ2v) is 6.78. The lowest BCUT2D eigenvalue weighted by molar-refractivity contribution is 0.00578. The van der Waals surface area contributed by atoms with Gasteiger partial charge in [-0.25, -0.2) is 0 Å². The van der Waals surface area contributed by atoms with Gasteiger partial charge >= 0.3 is 7.12 Å². The van der Waals surface area contributed by atoms with Gasteiger partial charge in [0.2, 0.25) is 0 Å². The molecule has 0 radical (unpaired) electrons. The van der Waals surface area contributed by atoms with Crippen LogP contribution in [0, 0.1) is 0 Å². The van der Waals surface area contributed by atoms with Gasteiger partial charge in [-0.2, -0.15) is 0 Å². The predicted octanol–water partition coefficient (Wildman–Crippen LogP) is 2.37. The summed E-state index contributed by atoms with van der Waals surface area (Å²) in [5, 5.41) is 0. The van der Waals surface area contributed by atoms with Crippen molar-refractivity contribution in [3.63, 3.8) is 0 Å². The van der Waals surface area contributed by atoms with Crippen molar-refractivity contribution in [2.75, 3.05) is 6.54 Å². The van der Waals surface area contributed by atoms with Crippen LogP contribution in [-0.4, -0.2) is 41.6 Å². The van der Waals surface area contributed by atoms with E-state index >= 15 is 0 Å². The fraction of sp³-hybridized carbons (Fsp3) is 0.500. The van der Waals surface area contributed by atoms with E-state index in [0.717, 1.165) is 0 Å². The summed E-state index contributed by atoms with van der Waals surface area (Å²) in [5.74, 6) is -0.478. The van der Waals surface area contributed by atoms with E-state index in [1.165, 1.54) is 4.90 Å². The molecule has 2 amide bonds. The molecule has 116 valence electrons. The Kier molecular flexibility index (Phi) is 3.42. The van der Waals surface area contributed by atoms with Crippen molar-refractivity contribution >= 4 is 18.9 Å². The molecule has 0 aliphatic carbocycles. The molecule has 0 saturated carbocycles. The second-order valence-electron chi connectivity index (χ2n) is 6.78. The Bertz CT molecular complexity index is 590. The molecule has 0 spiro atoms. The molecule has 1 aromatic rings. The van der Waals surface area contributed by atoms with E-state index in [-0.39, 0.29) is 11.8 Å². The van der Waals surface area contributed by atoms with Crippen LogP contribution in [0.15, 0.2) is 24.3 Å². The minimum absolute atomic E-state index is 0.239. The van der Waals surface area contributed by atoms with Crippen LogP contribution in [-0.2, 0) is 9.31 Å². The Morgan fingerprint density at radius 1 is 0.955 bits per heavy atom. The summed E-state index contributed by atoms with van der Waals surface area (Å²) in [4.78, 5) is 25.9. The van der Waals surface area contributed by atoms with Crippen molar-refractivity contribution in [1.29, 1.82) is 0 Å². The highest BCUT2D eigenvalue weighted by atomic mass is 16.7. The molecule has 1 fully saturated rings. The molecule has 2 heterocycles. The zero-order valence-electron chi connectivity index (χ0n) is 13.4. The normalized spacial score (nSPS) is 22.4. The Balaban J connectivity index is 1.67. The SMILES string of the molecule is CC1(C)OB(CCN2C(=O)c3ccccc3C2=O)OC1(C)C. The molecule has 0 unspecified atom stereocenters. The smallest absolute Gasteiger partial charge is 0.403 e. The molecule has 0 aromatic heterocycles. The molecule has 1 aromatic carbocycles. The van der Waals surface area contributed by atoms with Crippen molar-refractivity contribution in [3.05, 3.63) is 35.4 Å². The van der Waals surface area contributed by atoms with E-state index in [1.54, 1.807) is 24.3 Å². The van der Waals surface area contributed by atoms with Gasteiger partial charge in [0.05, 0.1) is 22.3 Å². The maximum Gasteiger partial charge on any atom is 0.459 e. The van der Waals surface area contributed by atoms with Gasteiger partial charge in [-0.05, 0) is 39.8 Å². The summed E-state index contributed by atoms with van der Waals surface area (Å²) >= 11 is 0. The van der Waals surface area contributed by atoms with Crippen LogP contribution < -0.4 is 0 Å². The van der Waals surface area contributed by atoms with Crippen molar-refractivity contribution in [3.8, 4) is 0 Å². The van der Waals surface area contributed by atoms with Gasteiger partial charge < -0.3 is 9.31 Å². The summed E-state index contributed by atoms with van der Waals surface area (Å²) in [6.45, 7) is 8.22. The summed E-state index contributed by atoms with van der Waals surface area (Å²) in [5.41, 5.74) is 0.141. The Morgan fingerprint density at radius 3 is 1.86 bits per heavy atom. The van der Waals surface area contributed by atoms with Gasteiger partial charge in [0.15, 0.2) is 0 Å². The monoisotopic (exact) mass is 301 g/mol. The van der Waals surface area contributed by atoms with Gasteiger partial charge in [-0.3, -0.25) is 14.5 Å². The third kappa shape index (κ3) is 2.27. The lowest BCUT2D eigenvalue weighted by Crippen LogP contribution is -2.41. The van der Waals surface area contributed by atoms with E-state index in [2.05, 4.69) is 0 Å². The van der Waals surface area contributed by atoms with E-state index < -0.39 is 18.3 Å². The fourth-order valence-electron chi connectivity index (χ4n) is 2.76. The van der Waals surface area contributed by atoms with E-state index in [1.807, 2.05) is 27.7 Å². The third-order valence-electron chi connectivity index (χ3n) is 4.77. The second kappa shape index (κ2) is 4.93. The van der Waals surface area contributed by atoms with E-state index in [9.17, 15) is 9.59 Å². The zero-order valence-corrected chi connectivity index (χ0v) is 13.4. The number of carbonyl (C=O) groups excluding carboxylic acids is 2. The summed E-state index contributed by atoms with van der Waals surface area (Å²) in [7, 11) is -0.408. The van der Waals surface area contributed by atoms with Crippen LogP contribution in [0.25, 0.3) is 0 Å². The summed E-state index contributed by atoms with van der Waals surface area (Å²) < 4.78 is 11.8. The predicted molar refractivity (Wildman–Crippen MR) is 82.7 cm³/mol. The van der Waals surface area contributed by atoms with Crippen LogP contribution in [0.4, 0.5) is 0 Å². The molecule has 22 heavy (non-hydrogen) atoms. The van der Waals surface area contributed by atoms with Gasteiger partial charge in [0.1, 0.15) is 0 Å². The van der Waals surface area contributed by atoms with Crippen LogP contribution >= 0.6 is 0 Å². The van der Waals surface area contributed by atoms with Gasteiger partial charge in [0.25, 0.3) is 11.8 Å². The minimum atomic E-state index is -0.408. The first-order chi connectivity index (χ1) is 10.2. The summed E-state index contributed by atoms with van der Waals surface area (Å²) in [6.07, 6.45) is 0.471. The Morgan fingerprint density at radius 2 is 1.41 bits per heavy atom. The number of hydrogen-bond donors (Lipinski definition) is 0. The molecule has 5 nitrogen and oxygen atoms in total. The molecule has 0 N–H and O–H groups in total. The van der Waals surface area contributed by atoms with Gasteiger partial charge in [-0.1, -0.05) is 12.1 Å². The Hall–Kier alpha value is -1.66. The first kappa shape index (κ1) is 15.2. The van der Waals surface area contributed by atoms with Gasteiger partial charge in [-0.15, -0.1) is 0 Å². The topological polar surface area (TPSA) is 55.8 Å². The van der Waals surface area contributed by atoms with Crippen molar-refractivity contribution in [1.82, 2.24) is 4.90 Å². The number of carbonyl (C=O) groups is 2. The first-order valence-corrected chi connectivity index (χ1v) is 7.54. The molecule has 2 aliphatic rings. The standard InChI is InChI=1S/C16H20BNO4/c1-15(2)16(3,4)22-17(21-15)9-10-18-13(19)11-7-5-6-8-12(11)14(18)20/h5-8H,9-10H2,1-4H3. The van der Waals surface area contributed by atoms with Crippen LogP contribution in [0.1, 0.15) is 48.4 Å². The third-order valence-corrected chi connectivity index (χ3v) is 4.77. The highest BCUT2D eigenvalue weighted by Gasteiger charge is 2.51. The van der Waals surface area contributed by atoms with E-state index in [0.29, 0.717) is 24.0 Å². The lowest BCUT2D eigenvalue weighted by atomic mass is 9.85. The largest absolute Gasteiger partial charge is 0.459 e. The van der Waals surface area contributed by atoms with Crippen molar-refractivity contribution in [2.45, 2.75) is 45.2 Å². The summed E-state index contributed by atoms with van der Waals surface area (Å²) in [6, 6.07) is 6.90. The molecular weight excluding hydrogens is 281 g/mol. The molecule has 2 aliphatic heterocycles. The first-order valence-electron chi connectivity index (χ1n) is 7.54. The number of amides is 2. The minimum Gasteiger partial charge on any atom is -0.403 e. The van der Waals surface area contributed by atoms with Crippen LogP contribution in [0.2, 0.25) is 6.32 Å². The highest BCUT2D eigenvalue weighted by molar-refractivity contribution is 6.45.